The maximum Gasteiger partial charge on any atom is 0.406 e. The molecule has 0 aliphatic rings. The van der Waals surface area contributed by atoms with E-state index in [1.165, 1.54) is 13.2 Å². The summed E-state index contributed by atoms with van der Waals surface area (Å²) in [5.41, 5.74) is 0.640. The molecule has 0 aliphatic heterocycles. The first kappa shape index (κ1) is 21.9. The van der Waals surface area contributed by atoms with E-state index in [1.807, 2.05) is 13.8 Å². The second kappa shape index (κ2) is 10.7. The SMILES string of the molecule is CCCCN(CC(F)(F)F)C(=O)/C=C/c1ccc(OCCC)c(OC)c1. The molecule has 0 atom stereocenters. The monoisotopic (exact) mass is 373 g/mol. The maximum atomic E-state index is 12.7. The molecule has 0 unspecified atom stereocenters. The summed E-state index contributed by atoms with van der Waals surface area (Å²) in [6.45, 7) is 3.23. The Hall–Kier alpha value is -2.18. The van der Waals surface area contributed by atoms with E-state index in [0.717, 1.165) is 17.4 Å². The van der Waals surface area contributed by atoms with E-state index in [-0.39, 0.29) is 6.54 Å². The van der Waals surface area contributed by atoms with E-state index in [9.17, 15) is 18.0 Å². The van der Waals surface area contributed by atoms with Gasteiger partial charge in [0.1, 0.15) is 6.54 Å². The molecule has 0 spiro atoms. The Morgan fingerprint density at radius 2 is 1.92 bits per heavy atom. The minimum atomic E-state index is -4.42. The zero-order valence-electron chi connectivity index (χ0n) is 15.4. The van der Waals surface area contributed by atoms with E-state index in [1.54, 1.807) is 18.2 Å². The second-order valence-corrected chi connectivity index (χ2v) is 5.82. The number of rotatable bonds is 10. The van der Waals surface area contributed by atoms with E-state index >= 15 is 0 Å². The summed E-state index contributed by atoms with van der Waals surface area (Å²) in [4.78, 5) is 13.0. The Morgan fingerprint density at radius 3 is 2.50 bits per heavy atom. The average Bonchev–Trinajstić information content (AvgIpc) is 2.60. The van der Waals surface area contributed by atoms with Crippen LogP contribution >= 0.6 is 0 Å². The van der Waals surface area contributed by atoms with Crippen LogP contribution in [0.4, 0.5) is 13.2 Å². The molecular weight excluding hydrogens is 347 g/mol. The van der Waals surface area contributed by atoms with Crippen molar-refractivity contribution in [1.82, 2.24) is 4.90 Å². The maximum absolute atomic E-state index is 12.7. The molecule has 26 heavy (non-hydrogen) atoms. The summed E-state index contributed by atoms with van der Waals surface area (Å²) in [5, 5.41) is 0. The third-order valence-electron chi connectivity index (χ3n) is 3.53. The van der Waals surface area contributed by atoms with Gasteiger partial charge < -0.3 is 14.4 Å². The number of alkyl halides is 3. The van der Waals surface area contributed by atoms with Crippen molar-refractivity contribution in [2.75, 3.05) is 26.8 Å². The lowest BCUT2D eigenvalue weighted by Crippen LogP contribution is -2.38. The quantitative estimate of drug-likeness (QED) is 0.559. The molecule has 1 aromatic rings. The van der Waals surface area contributed by atoms with Gasteiger partial charge in [-0.3, -0.25) is 4.79 Å². The summed E-state index contributed by atoms with van der Waals surface area (Å²) >= 11 is 0. The van der Waals surface area contributed by atoms with Crippen molar-refractivity contribution in [2.24, 2.45) is 0 Å². The summed E-state index contributed by atoms with van der Waals surface area (Å²) in [5.74, 6) is 0.423. The predicted molar refractivity (Wildman–Crippen MR) is 95.4 cm³/mol. The van der Waals surface area contributed by atoms with Crippen LogP contribution in [0.25, 0.3) is 6.08 Å². The van der Waals surface area contributed by atoms with Crippen LogP contribution in [0.1, 0.15) is 38.7 Å². The Labute approximate surface area is 152 Å². The third-order valence-corrected chi connectivity index (χ3v) is 3.53. The van der Waals surface area contributed by atoms with Crippen LogP contribution in [-0.4, -0.2) is 43.8 Å². The number of methoxy groups -OCH3 is 1. The number of nitrogens with zero attached hydrogens (tertiary/aromatic N) is 1. The van der Waals surface area contributed by atoms with Crippen LogP contribution in [0, 0.1) is 0 Å². The second-order valence-electron chi connectivity index (χ2n) is 5.82. The Balaban J connectivity index is 2.86. The number of ether oxygens (including phenoxy) is 2. The standard InChI is InChI=1S/C19H26F3NO3/c1-4-6-11-23(14-19(20,21)22)18(24)10-8-15-7-9-16(26-12-5-2)17(13-15)25-3/h7-10,13H,4-6,11-12,14H2,1-3H3/b10-8+. The summed E-state index contributed by atoms with van der Waals surface area (Å²) in [7, 11) is 1.50. The van der Waals surface area contributed by atoms with Crippen molar-refractivity contribution in [1.29, 1.82) is 0 Å². The van der Waals surface area contributed by atoms with E-state index < -0.39 is 18.6 Å². The zero-order chi connectivity index (χ0) is 19.6. The smallest absolute Gasteiger partial charge is 0.406 e. The molecule has 1 aromatic carbocycles. The van der Waals surface area contributed by atoms with Gasteiger partial charge in [0.2, 0.25) is 5.91 Å². The lowest BCUT2D eigenvalue weighted by molar-refractivity contribution is -0.158. The minimum Gasteiger partial charge on any atom is -0.493 e. The van der Waals surface area contributed by atoms with Gasteiger partial charge in [-0.25, -0.2) is 0 Å². The molecule has 0 saturated heterocycles. The molecule has 0 heterocycles. The highest BCUT2D eigenvalue weighted by Crippen LogP contribution is 2.28. The topological polar surface area (TPSA) is 38.8 Å². The Kier molecular flexibility index (Phi) is 9.02. The third kappa shape index (κ3) is 7.80. The fourth-order valence-corrected chi connectivity index (χ4v) is 2.22. The highest BCUT2D eigenvalue weighted by molar-refractivity contribution is 5.91. The highest BCUT2D eigenvalue weighted by Gasteiger charge is 2.32. The van der Waals surface area contributed by atoms with Gasteiger partial charge in [-0.1, -0.05) is 26.3 Å². The number of benzene rings is 1. The van der Waals surface area contributed by atoms with Gasteiger partial charge in [0, 0.05) is 12.6 Å². The molecule has 0 N–H and O–H groups in total. The molecule has 1 amide bonds. The van der Waals surface area contributed by atoms with Gasteiger partial charge in [-0.15, -0.1) is 0 Å². The Bertz CT molecular complexity index is 600. The molecule has 0 aromatic heterocycles. The molecule has 0 radical (unpaired) electrons. The van der Waals surface area contributed by atoms with Crippen LogP contribution in [0.15, 0.2) is 24.3 Å². The fourth-order valence-electron chi connectivity index (χ4n) is 2.22. The molecule has 0 fully saturated rings. The molecule has 0 saturated carbocycles. The van der Waals surface area contributed by atoms with Gasteiger partial charge in [-0.2, -0.15) is 13.2 Å². The van der Waals surface area contributed by atoms with E-state index in [0.29, 0.717) is 36.5 Å². The van der Waals surface area contributed by atoms with Gasteiger partial charge in [0.25, 0.3) is 0 Å². The van der Waals surface area contributed by atoms with E-state index in [2.05, 4.69) is 0 Å². The average molecular weight is 373 g/mol. The zero-order valence-corrected chi connectivity index (χ0v) is 15.4. The summed E-state index contributed by atoms with van der Waals surface area (Å²) < 4.78 is 48.8. The number of halogens is 3. The van der Waals surface area contributed by atoms with Gasteiger partial charge in [0.15, 0.2) is 11.5 Å². The lowest BCUT2D eigenvalue weighted by atomic mass is 10.2. The van der Waals surface area contributed by atoms with Crippen molar-refractivity contribution in [3.05, 3.63) is 29.8 Å². The molecule has 1 rings (SSSR count). The number of carbonyl (C=O) groups is 1. The normalized spacial score (nSPS) is 11.6. The van der Waals surface area contributed by atoms with E-state index in [4.69, 9.17) is 9.47 Å². The Morgan fingerprint density at radius 1 is 1.19 bits per heavy atom. The van der Waals surface area contributed by atoms with Crippen LogP contribution in [0.5, 0.6) is 11.5 Å². The minimum absolute atomic E-state index is 0.0757. The molecule has 4 nitrogen and oxygen atoms in total. The first-order valence-electron chi connectivity index (χ1n) is 8.65. The van der Waals surface area contributed by atoms with Crippen LogP contribution in [0.2, 0.25) is 0 Å². The molecule has 146 valence electrons. The largest absolute Gasteiger partial charge is 0.493 e. The van der Waals surface area contributed by atoms with Gasteiger partial charge in [0.05, 0.1) is 13.7 Å². The predicted octanol–water partition coefficient (Wildman–Crippen LogP) is 4.69. The molecule has 0 aliphatic carbocycles. The number of unbranched alkanes of at least 4 members (excludes halogenated alkanes) is 1. The number of amides is 1. The number of hydrogen-bond donors (Lipinski definition) is 0. The number of hydrogen-bond acceptors (Lipinski definition) is 3. The van der Waals surface area contributed by atoms with Crippen molar-refractivity contribution in [2.45, 2.75) is 39.3 Å². The first-order valence-corrected chi connectivity index (χ1v) is 8.65. The van der Waals surface area contributed by atoms with Crippen LogP contribution in [0.3, 0.4) is 0 Å². The number of carbonyl (C=O) groups excluding carboxylic acids is 1. The highest BCUT2D eigenvalue weighted by atomic mass is 19.4. The van der Waals surface area contributed by atoms with Gasteiger partial charge >= 0.3 is 6.18 Å². The fraction of sp³-hybridized carbons (Fsp3) is 0.526. The van der Waals surface area contributed by atoms with Crippen molar-refractivity contribution < 1.29 is 27.4 Å². The van der Waals surface area contributed by atoms with Crippen LogP contribution < -0.4 is 9.47 Å². The molecular formula is C19H26F3NO3. The molecule has 7 heteroatoms. The van der Waals surface area contributed by atoms with Crippen molar-refractivity contribution in [3.63, 3.8) is 0 Å². The first-order chi connectivity index (χ1) is 12.3. The summed E-state index contributed by atoms with van der Waals surface area (Å²) in [6, 6.07) is 5.11. The molecule has 0 bridgehead atoms. The van der Waals surface area contributed by atoms with Gasteiger partial charge in [-0.05, 0) is 36.6 Å². The van der Waals surface area contributed by atoms with Crippen LogP contribution in [-0.2, 0) is 4.79 Å². The lowest BCUT2D eigenvalue weighted by Gasteiger charge is -2.22. The summed E-state index contributed by atoms with van der Waals surface area (Å²) in [6.07, 6.45) is 0.298. The van der Waals surface area contributed by atoms with Crippen molar-refractivity contribution >= 4 is 12.0 Å². The van der Waals surface area contributed by atoms with Crippen molar-refractivity contribution in [3.8, 4) is 11.5 Å².